The number of nitrogens with one attached hydrogen (secondary N) is 1. The number of anilines is 1. The van der Waals surface area contributed by atoms with Crippen molar-refractivity contribution in [3.63, 3.8) is 0 Å². The van der Waals surface area contributed by atoms with Gasteiger partial charge in [-0.15, -0.1) is 0 Å². The number of carbonyl (C=O) groups is 2. The monoisotopic (exact) mass is 298 g/mol. The molecule has 1 atom stereocenters. The molecule has 5 nitrogen and oxygen atoms in total. The van der Waals surface area contributed by atoms with E-state index in [1.807, 2.05) is 0 Å². The second kappa shape index (κ2) is 6.24. The summed E-state index contributed by atoms with van der Waals surface area (Å²) in [5.74, 6) is -0.228. The zero-order chi connectivity index (χ0) is 15.5. The van der Waals surface area contributed by atoms with Gasteiger partial charge >= 0.3 is 6.09 Å². The van der Waals surface area contributed by atoms with Gasteiger partial charge in [0.1, 0.15) is 5.60 Å². The zero-order valence-corrected chi connectivity index (χ0v) is 12.7. The molecule has 1 aromatic carbocycles. The number of rotatable bonds is 3. The summed E-state index contributed by atoms with van der Waals surface area (Å²) in [7, 11) is 0. The SMILES string of the molecule is CC(N)C(=O)c1ccc(Cl)c(NC(=O)OC(C)(C)C)c1. The lowest BCUT2D eigenvalue weighted by Crippen LogP contribution is -2.28. The molecule has 0 saturated heterocycles. The van der Waals surface area contributed by atoms with E-state index in [4.69, 9.17) is 22.1 Å². The Hall–Kier alpha value is -1.59. The summed E-state index contributed by atoms with van der Waals surface area (Å²) in [6.45, 7) is 6.86. The number of nitrogens with two attached hydrogens (primary N) is 1. The molecular formula is C14H19ClN2O3. The molecule has 0 aromatic heterocycles. The minimum Gasteiger partial charge on any atom is -0.444 e. The van der Waals surface area contributed by atoms with Crippen LogP contribution in [0.2, 0.25) is 5.02 Å². The van der Waals surface area contributed by atoms with Crippen LogP contribution in [-0.4, -0.2) is 23.5 Å². The molecule has 3 N–H and O–H groups in total. The van der Waals surface area contributed by atoms with Gasteiger partial charge < -0.3 is 10.5 Å². The van der Waals surface area contributed by atoms with Crippen molar-refractivity contribution in [1.29, 1.82) is 0 Å². The molecule has 6 heteroatoms. The van der Waals surface area contributed by atoms with Crippen LogP contribution in [0.25, 0.3) is 0 Å². The van der Waals surface area contributed by atoms with Crippen molar-refractivity contribution in [2.45, 2.75) is 39.3 Å². The van der Waals surface area contributed by atoms with E-state index in [2.05, 4.69) is 5.32 Å². The Bertz CT molecular complexity index is 522. The highest BCUT2D eigenvalue weighted by molar-refractivity contribution is 6.33. The summed E-state index contributed by atoms with van der Waals surface area (Å²) < 4.78 is 5.13. The van der Waals surface area contributed by atoms with Crippen LogP contribution in [0.1, 0.15) is 38.1 Å². The molecule has 0 bridgehead atoms. The van der Waals surface area contributed by atoms with E-state index >= 15 is 0 Å². The largest absolute Gasteiger partial charge is 0.444 e. The van der Waals surface area contributed by atoms with Crippen molar-refractivity contribution in [3.05, 3.63) is 28.8 Å². The van der Waals surface area contributed by atoms with E-state index in [0.717, 1.165) is 0 Å². The number of carbonyl (C=O) groups excluding carboxylic acids is 2. The predicted octanol–water partition coefficient (Wildman–Crippen LogP) is 3.22. The van der Waals surface area contributed by atoms with E-state index in [1.165, 1.54) is 12.1 Å². The minimum absolute atomic E-state index is 0.228. The van der Waals surface area contributed by atoms with Gasteiger partial charge in [0.2, 0.25) is 0 Å². The Morgan fingerprint density at radius 3 is 2.45 bits per heavy atom. The van der Waals surface area contributed by atoms with Gasteiger partial charge in [0.25, 0.3) is 0 Å². The van der Waals surface area contributed by atoms with Crippen molar-refractivity contribution in [3.8, 4) is 0 Å². The highest BCUT2D eigenvalue weighted by atomic mass is 35.5. The third-order valence-electron chi connectivity index (χ3n) is 2.30. The molecule has 0 fully saturated rings. The zero-order valence-electron chi connectivity index (χ0n) is 12.0. The van der Waals surface area contributed by atoms with Gasteiger partial charge in [-0.05, 0) is 45.9 Å². The Balaban J connectivity index is 2.93. The number of ketones is 1. The molecule has 0 saturated carbocycles. The lowest BCUT2D eigenvalue weighted by molar-refractivity contribution is 0.0635. The molecule has 1 aromatic rings. The van der Waals surface area contributed by atoms with Gasteiger partial charge in [-0.1, -0.05) is 11.6 Å². The molecule has 0 aliphatic rings. The fourth-order valence-corrected chi connectivity index (χ4v) is 1.62. The molecule has 0 spiro atoms. The van der Waals surface area contributed by atoms with Crippen molar-refractivity contribution >= 4 is 29.2 Å². The topological polar surface area (TPSA) is 81.4 Å². The van der Waals surface area contributed by atoms with Gasteiger partial charge in [0, 0.05) is 5.56 Å². The van der Waals surface area contributed by atoms with E-state index in [9.17, 15) is 9.59 Å². The highest BCUT2D eigenvalue weighted by Crippen LogP contribution is 2.24. The van der Waals surface area contributed by atoms with Gasteiger partial charge in [-0.2, -0.15) is 0 Å². The van der Waals surface area contributed by atoms with Gasteiger partial charge in [-0.3, -0.25) is 10.1 Å². The van der Waals surface area contributed by atoms with Crippen molar-refractivity contribution < 1.29 is 14.3 Å². The Morgan fingerprint density at radius 2 is 1.95 bits per heavy atom. The molecular weight excluding hydrogens is 280 g/mol. The van der Waals surface area contributed by atoms with Crippen LogP contribution < -0.4 is 11.1 Å². The normalized spacial score (nSPS) is 12.7. The van der Waals surface area contributed by atoms with Crippen LogP contribution in [0.5, 0.6) is 0 Å². The molecule has 20 heavy (non-hydrogen) atoms. The number of hydrogen-bond acceptors (Lipinski definition) is 4. The lowest BCUT2D eigenvalue weighted by atomic mass is 10.1. The fourth-order valence-electron chi connectivity index (χ4n) is 1.45. The average Bonchev–Trinajstić information content (AvgIpc) is 2.28. The number of hydrogen-bond donors (Lipinski definition) is 2. The summed E-state index contributed by atoms with van der Waals surface area (Å²) in [6.07, 6.45) is -0.634. The molecule has 0 radical (unpaired) electrons. The first-order valence-corrected chi connectivity index (χ1v) is 6.57. The standard InChI is InChI=1S/C14H19ClN2O3/c1-8(16)12(18)9-5-6-10(15)11(7-9)17-13(19)20-14(2,3)4/h5-8H,16H2,1-4H3,(H,17,19). The molecule has 110 valence electrons. The smallest absolute Gasteiger partial charge is 0.412 e. The molecule has 1 unspecified atom stereocenters. The van der Waals surface area contributed by atoms with Gasteiger partial charge in [0.15, 0.2) is 5.78 Å². The number of Topliss-reactive ketones (excluding diaryl/α,β-unsaturated/α-hetero) is 1. The maximum Gasteiger partial charge on any atom is 0.412 e. The van der Waals surface area contributed by atoms with E-state index in [0.29, 0.717) is 16.3 Å². The fraction of sp³-hybridized carbons (Fsp3) is 0.429. The van der Waals surface area contributed by atoms with Crippen LogP contribution in [0, 0.1) is 0 Å². The number of amides is 1. The van der Waals surface area contributed by atoms with Gasteiger partial charge in [-0.25, -0.2) is 4.79 Å². The van der Waals surface area contributed by atoms with Crippen LogP contribution in [0.15, 0.2) is 18.2 Å². The second-order valence-electron chi connectivity index (χ2n) is 5.47. The van der Waals surface area contributed by atoms with Crippen molar-refractivity contribution in [2.75, 3.05) is 5.32 Å². The van der Waals surface area contributed by atoms with Crippen LogP contribution in [0.3, 0.4) is 0 Å². The number of benzene rings is 1. The molecule has 1 rings (SSSR count). The van der Waals surface area contributed by atoms with Crippen LogP contribution >= 0.6 is 11.6 Å². The predicted molar refractivity (Wildman–Crippen MR) is 79.3 cm³/mol. The first kappa shape index (κ1) is 16.5. The molecule has 0 aliphatic carbocycles. The third-order valence-corrected chi connectivity index (χ3v) is 2.63. The maximum absolute atomic E-state index is 11.8. The summed E-state index contributed by atoms with van der Waals surface area (Å²) in [5.41, 5.74) is 5.63. The Labute approximate surface area is 123 Å². The summed E-state index contributed by atoms with van der Waals surface area (Å²) in [4.78, 5) is 23.5. The molecule has 0 aliphatic heterocycles. The Kier molecular flexibility index (Phi) is 5.14. The lowest BCUT2D eigenvalue weighted by Gasteiger charge is -2.20. The third kappa shape index (κ3) is 4.83. The van der Waals surface area contributed by atoms with E-state index in [1.54, 1.807) is 33.8 Å². The number of halogens is 1. The molecule has 1 amide bonds. The van der Waals surface area contributed by atoms with E-state index in [-0.39, 0.29) is 5.78 Å². The summed E-state index contributed by atoms with van der Waals surface area (Å²) in [5, 5.41) is 2.83. The maximum atomic E-state index is 11.8. The average molecular weight is 299 g/mol. The van der Waals surface area contributed by atoms with Gasteiger partial charge in [0.05, 0.1) is 16.8 Å². The first-order chi connectivity index (χ1) is 9.10. The van der Waals surface area contributed by atoms with E-state index < -0.39 is 17.7 Å². The number of ether oxygens (including phenoxy) is 1. The quantitative estimate of drug-likeness (QED) is 0.840. The highest BCUT2D eigenvalue weighted by Gasteiger charge is 2.18. The first-order valence-electron chi connectivity index (χ1n) is 6.19. The summed E-state index contributed by atoms with van der Waals surface area (Å²) in [6, 6.07) is 3.96. The van der Waals surface area contributed by atoms with Crippen molar-refractivity contribution in [2.24, 2.45) is 5.73 Å². The molecule has 0 heterocycles. The summed E-state index contributed by atoms with van der Waals surface area (Å²) >= 11 is 5.98. The van der Waals surface area contributed by atoms with Crippen molar-refractivity contribution in [1.82, 2.24) is 0 Å². The minimum atomic E-state index is -0.634. The Morgan fingerprint density at radius 1 is 1.35 bits per heavy atom. The van der Waals surface area contributed by atoms with Crippen LogP contribution in [0.4, 0.5) is 10.5 Å². The second-order valence-corrected chi connectivity index (χ2v) is 5.88. The van der Waals surface area contributed by atoms with Crippen LogP contribution in [-0.2, 0) is 4.74 Å².